The average molecular weight is 268 g/mol. The summed E-state index contributed by atoms with van der Waals surface area (Å²) in [5, 5.41) is 0.361. The van der Waals surface area contributed by atoms with Gasteiger partial charge in [-0.05, 0) is 31.5 Å². The first-order chi connectivity index (χ1) is 8.54. The van der Waals surface area contributed by atoms with Crippen molar-refractivity contribution in [1.29, 1.82) is 0 Å². The van der Waals surface area contributed by atoms with Crippen LogP contribution in [0.2, 0.25) is 5.02 Å². The average Bonchev–Trinajstić information content (AvgIpc) is 2.58. The predicted molar refractivity (Wildman–Crippen MR) is 72.1 cm³/mol. The summed E-state index contributed by atoms with van der Waals surface area (Å²) in [5.41, 5.74) is 6.90. The lowest BCUT2D eigenvalue weighted by Gasteiger charge is -2.06. The SMILES string of the molecule is CCCn1c(C)nc(-c2ccc(Cl)cc2F)c1N. The standard InChI is InChI=1S/C13H15ClFN3/c1-3-6-18-8(2)17-12(13(18)16)10-5-4-9(14)7-11(10)15/h4-5,7H,3,6,16H2,1-2H3. The lowest BCUT2D eigenvalue weighted by atomic mass is 10.1. The largest absolute Gasteiger partial charge is 0.383 e. The minimum atomic E-state index is -0.407. The first-order valence-electron chi connectivity index (χ1n) is 5.82. The zero-order chi connectivity index (χ0) is 13.3. The Kier molecular flexibility index (Phi) is 3.57. The molecule has 0 aliphatic carbocycles. The van der Waals surface area contributed by atoms with E-state index in [1.165, 1.54) is 6.07 Å². The van der Waals surface area contributed by atoms with Gasteiger partial charge >= 0.3 is 0 Å². The van der Waals surface area contributed by atoms with Crippen molar-refractivity contribution in [1.82, 2.24) is 9.55 Å². The van der Waals surface area contributed by atoms with E-state index in [2.05, 4.69) is 11.9 Å². The molecule has 0 aliphatic rings. The van der Waals surface area contributed by atoms with Crippen molar-refractivity contribution in [2.45, 2.75) is 26.8 Å². The number of rotatable bonds is 3. The van der Waals surface area contributed by atoms with Crippen LogP contribution in [0.1, 0.15) is 19.2 Å². The fourth-order valence-electron chi connectivity index (χ4n) is 1.97. The van der Waals surface area contributed by atoms with Gasteiger partial charge in [0.1, 0.15) is 23.2 Å². The fourth-order valence-corrected chi connectivity index (χ4v) is 2.13. The number of nitrogens with two attached hydrogens (primary N) is 1. The van der Waals surface area contributed by atoms with Gasteiger partial charge in [0, 0.05) is 17.1 Å². The minimum Gasteiger partial charge on any atom is -0.383 e. The van der Waals surface area contributed by atoms with E-state index in [-0.39, 0.29) is 0 Å². The molecule has 0 atom stereocenters. The molecule has 18 heavy (non-hydrogen) atoms. The van der Waals surface area contributed by atoms with E-state index in [1.807, 2.05) is 11.5 Å². The molecule has 1 aromatic heterocycles. The van der Waals surface area contributed by atoms with Crippen LogP contribution in [0.5, 0.6) is 0 Å². The third-order valence-electron chi connectivity index (χ3n) is 2.83. The van der Waals surface area contributed by atoms with Crippen molar-refractivity contribution in [3.63, 3.8) is 0 Å². The highest BCUT2D eigenvalue weighted by Gasteiger charge is 2.16. The number of aromatic nitrogens is 2. The number of benzene rings is 1. The molecule has 3 nitrogen and oxygen atoms in total. The van der Waals surface area contributed by atoms with Gasteiger partial charge in [-0.25, -0.2) is 9.37 Å². The van der Waals surface area contributed by atoms with Crippen LogP contribution < -0.4 is 5.73 Å². The van der Waals surface area contributed by atoms with E-state index >= 15 is 0 Å². The number of hydrogen-bond donors (Lipinski definition) is 1. The maximum absolute atomic E-state index is 13.9. The number of hydrogen-bond acceptors (Lipinski definition) is 2. The van der Waals surface area contributed by atoms with Crippen molar-refractivity contribution in [3.8, 4) is 11.3 Å². The molecule has 0 saturated heterocycles. The Bertz CT molecular complexity index is 578. The Morgan fingerprint density at radius 1 is 1.44 bits per heavy atom. The van der Waals surface area contributed by atoms with Crippen LogP contribution >= 0.6 is 11.6 Å². The number of nitrogens with zero attached hydrogens (tertiary/aromatic N) is 2. The Labute approximate surface area is 110 Å². The third-order valence-corrected chi connectivity index (χ3v) is 3.07. The topological polar surface area (TPSA) is 43.8 Å². The molecule has 1 heterocycles. The number of anilines is 1. The Hall–Kier alpha value is -1.55. The zero-order valence-corrected chi connectivity index (χ0v) is 11.1. The summed E-state index contributed by atoms with van der Waals surface area (Å²) >= 11 is 5.73. The molecule has 2 N–H and O–H groups in total. The normalized spacial score (nSPS) is 10.9. The van der Waals surface area contributed by atoms with Gasteiger partial charge in [-0.1, -0.05) is 18.5 Å². The van der Waals surface area contributed by atoms with Gasteiger partial charge in [0.25, 0.3) is 0 Å². The Morgan fingerprint density at radius 3 is 2.78 bits per heavy atom. The second-order valence-corrected chi connectivity index (χ2v) is 4.61. The molecule has 0 aliphatic heterocycles. The Balaban J connectivity index is 2.54. The lowest BCUT2D eigenvalue weighted by Crippen LogP contribution is -2.04. The summed E-state index contributed by atoms with van der Waals surface area (Å²) in [6, 6.07) is 4.50. The third kappa shape index (κ3) is 2.20. The molecular weight excluding hydrogens is 253 g/mol. The van der Waals surface area contributed by atoms with E-state index in [4.69, 9.17) is 17.3 Å². The molecule has 0 amide bonds. The molecule has 1 aromatic carbocycles. The van der Waals surface area contributed by atoms with Crippen LogP contribution in [0.25, 0.3) is 11.3 Å². The lowest BCUT2D eigenvalue weighted by molar-refractivity contribution is 0.631. The highest BCUT2D eigenvalue weighted by molar-refractivity contribution is 6.30. The van der Waals surface area contributed by atoms with E-state index in [0.717, 1.165) is 18.8 Å². The molecular formula is C13H15ClFN3. The summed E-state index contributed by atoms with van der Waals surface area (Å²) in [7, 11) is 0. The van der Waals surface area contributed by atoms with Crippen LogP contribution in [0.3, 0.4) is 0 Å². The number of halogens is 2. The first-order valence-corrected chi connectivity index (χ1v) is 6.20. The fraction of sp³-hybridized carbons (Fsp3) is 0.308. The van der Waals surface area contributed by atoms with Crippen LogP contribution in [-0.4, -0.2) is 9.55 Å². The molecule has 2 aromatic rings. The molecule has 0 fully saturated rings. The summed E-state index contributed by atoms with van der Waals surface area (Å²) < 4.78 is 15.7. The van der Waals surface area contributed by atoms with Crippen molar-refractivity contribution >= 4 is 17.4 Å². The van der Waals surface area contributed by atoms with Crippen molar-refractivity contribution in [2.24, 2.45) is 0 Å². The monoisotopic (exact) mass is 267 g/mol. The summed E-state index contributed by atoms with van der Waals surface area (Å²) in [6.45, 7) is 4.70. The maximum atomic E-state index is 13.9. The molecule has 0 spiro atoms. The van der Waals surface area contributed by atoms with Gasteiger partial charge in [-0.2, -0.15) is 0 Å². The molecule has 0 bridgehead atoms. The molecule has 0 saturated carbocycles. The Morgan fingerprint density at radius 2 is 2.17 bits per heavy atom. The van der Waals surface area contributed by atoms with Crippen molar-refractivity contribution in [2.75, 3.05) is 5.73 Å². The summed E-state index contributed by atoms with van der Waals surface area (Å²) in [4.78, 5) is 4.34. The molecule has 96 valence electrons. The number of nitrogen functional groups attached to an aromatic ring is 1. The van der Waals surface area contributed by atoms with Crippen LogP contribution in [-0.2, 0) is 6.54 Å². The van der Waals surface area contributed by atoms with Gasteiger partial charge in [-0.3, -0.25) is 0 Å². The van der Waals surface area contributed by atoms with Crippen LogP contribution in [0.15, 0.2) is 18.2 Å². The summed E-state index contributed by atoms with van der Waals surface area (Å²) in [5.74, 6) is 0.879. The predicted octanol–water partition coefficient (Wildman–Crippen LogP) is 3.64. The van der Waals surface area contributed by atoms with E-state index in [0.29, 0.717) is 22.1 Å². The van der Waals surface area contributed by atoms with Gasteiger partial charge in [0.05, 0.1) is 0 Å². The number of imidazole rings is 1. The zero-order valence-electron chi connectivity index (χ0n) is 10.4. The van der Waals surface area contributed by atoms with Crippen molar-refractivity contribution < 1.29 is 4.39 Å². The smallest absolute Gasteiger partial charge is 0.134 e. The van der Waals surface area contributed by atoms with Crippen molar-refractivity contribution in [3.05, 3.63) is 34.9 Å². The number of aryl methyl sites for hydroxylation is 1. The molecule has 5 heteroatoms. The quantitative estimate of drug-likeness (QED) is 0.923. The van der Waals surface area contributed by atoms with E-state index in [1.54, 1.807) is 12.1 Å². The highest BCUT2D eigenvalue weighted by Crippen LogP contribution is 2.30. The van der Waals surface area contributed by atoms with Gasteiger partial charge in [0.15, 0.2) is 0 Å². The van der Waals surface area contributed by atoms with Gasteiger partial charge < -0.3 is 10.3 Å². The van der Waals surface area contributed by atoms with Gasteiger partial charge in [-0.15, -0.1) is 0 Å². The molecule has 0 unspecified atom stereocenters. The van der Waals surface area contributed by atoms with Crippen LogP contribution in [0, 0.1) is 12.7 Å². The van der Waals surface area contributed by atoms with Gasteiger partial charge in [0.2, 0.25) is 0 Å². The summed E-state index contributed by atoms with van der Waals surface area (Å²) in [6.07, 6.45) is 0.948. The molecule has 2 rings (SSSR count). The second kappa shape index (κ2) is 4.98. The van der Waals surface area contributed by atoms with Crippen LogP contribution in [0.4, 0.5) is 10.2 Å². The van der Waals surface area contributed by atoms with E-state index < -0.39 is 5.82 Å². The molecule has 0 radical (unpaired) electrons. The second-order valence-electron chi connectivity index (χ2n) is 4.17. The van der Waals surface area contributed by atoms with E-state index in [9.17, 15) is 4.39 Å². The highest BCUT2D eigenvalue weighted by atomic mass is 35.5. The maximum Gasteiger partial charge on any atom is 0.134 e. The first kappa shape index (κ1) is 12.9. The minimum absolute atomic E-state index is 0.361.